The first kappa shape index (κ1) is 15.3. The Morgan fingerprint density at radius 2 is 1.72 bits per heavy atom. The Bertz CT molecular complexity index is 1070. The van der Waals surface area contributed by atoms with Crippen molar-refractivity contribution in [2.75, 3.05) is 11.1 Å². The number of halogens is 3. The third-order valence-corrected chi connectivity index (χ3v) is 3.91. The number of nitrogens with one attached hydrogen (secondary N) is 2. The van der Waals surface area contributed by atoms with Crippen LogP contribution >= 0.6 is 0 Å². The van der Waals surface area contributed by atoms with Crippen LogP contribution in [0.5, 0.6) is 0 Å². The highest BCUT2D eigenvalue weighted by Gasteiger charge is 2.30. The van der Waals surface area contributed by atoms with Crippen LogP contribution in [0.3, 0.4) is 0 Å². The van der Waals surface area contributed by atoms with Crippen molar-refractivity contribution in [1.29, 1.82) is 0 Å². The molecule has 0 unspecified atom stereocenters. The van der Waals surface area contributed by atoms with Gasteiger partial charge in [0.25, 0.3) is 0 Å². The maximum absolute atomic E-state index is 12.7. The molecule has 126 valence electrons. The molecule has 0 atom stereocenters. The maximum atomic E-state index is 12.7. The zero-order chi connectivity index (χ0) is 17.6. The largest absolute Gasteiger partial charge is 0.416 e. The number of nitrogen functional groups attached to an aromatic ring is 1. The molecule has 0 amide bonds. The number of alkyl halides is 3. The molecule has 2 heterocycles. The Morgan fingerprint density at radius 3 is 2.44 bits per heavy atom. The molecule has 0 saturated carbocycles. The minimum absolute atomic E-state index is 0.266. The number of anilines is 3. The molecular weight excluding hydrogens is 331 g/mol. The Labute approximate surface area is 139 Å². The lowest BCUT2D eigenvalue weighted by Gasteiger charge is -2.11. The number of aromatic nitrogens is 3. The standard InChI is InChI=1S/C17H12F3N5/c18-17(19,20)9-5-7-10(8-6-9)22-16-13-14(24-25-15(13)21)11-3-1-2-4-12(11)23-16/h1-8H,(H,22,23)(H3,21,24,25). The van der Waals surface area contributed by atoms with Gasteiger partial charge in [0.15, 0.2) is 5.82 Å². The van der Waals surface area contributed by atoms with Gasteiger partial charge in [-0.2, -0.15) is 18.3 Å². The van der Waals surface area contributed by atoms with E-state index in [2.05, 4.69) is 20.5 Å². The van der Waals surface area contributed by atoms with Crippen LogP contribution in [0.2, 0.25) is 0 Å². The SMILES string of the molecule is Nc1n[nH]c2c1c(Nc1ccc(C(F)(F)F)cc1)nc1ccccc12. The van der Waals surface area contributed by atoms with Crippen LogP contribution in [-0.4, -0.2) is 15.2 Å². The number of fused-ring (bicyclic) bond motifs is 3. The van der Waals surface area contributed by atoms with Crippen LogP contribution in [0.4, 0.5) is 30.5 Å². The lowest BCUT2D eigenvalue weighted by Crippen LogP contribution is -2.04. The highest BCUT2D eigenvalue weighted by molar-refractivity contribution is 6.12. The lowest BCUT2D eigenvalue weighted by atomic mass is 10.1. The highest BCUT2D eigenvalue weighted by Crippen LogP contribution is 2.34. The Morgan fingerprint density at radius 1 is 1.00 bits per heavy atom. The van der Waals surface area contributed by atoms with Crippen LogP contribution in [-0.2, 0) is 6.18 Å². The van der Waals surface area contributed by atoms with E-state index in [0.717, 1.165) is 23.0 Å². The first-order valence-corrected chi connectivity index (χ1v) is 7.40. The molecule has 0 saturated heterocycles. The molecule has 4 rings (SSSR count). The molecule has 4 aromatic rings. The first-order chi connectivity index (χ1) is 11.9. The average molecular weight is 343 g/mol. The van der Waals surface area contributed by atoms with Crippen molar-refractivity contribution in [2.24, 2.45) is 0 Å². The third-order valence-electron chi connectivity index (χ3n) is 3.91. The molecule has 0 aliphatic heterocycles. The zero-order valence-electron chi connectivity index (χ0n) is 12.7. The fourth-order valence-corrected chi connectivity index (χ4v) is 2.72. The summed E-state index contributed by atoms with van der Waals surface area (Å²) in [5.74, 6) is 0.697. The van der Waals surface area contributed by atoms with Crippen LogP contribution in [0.15, 0.2) is 48.5 Å². The van der Waals surface area contributed by atoms with Gasteiger partial charge in [-0.25, -0.2) is 4.98 Å². The van der Waals surface area contributed by atoms with Crippen LogP contribution in [0, 0.1) is 0 Å². The van der Waals surface area contributed by atoms with Crippen molar-refractivity contribution in [1.82, 2.24) is 15.2 Å². The fourth-order valence-electron chi connectivity index (χ4n) is 2.72. The van der Waals surface area contributed by atoms with E-state index < -0.39 is 11.7 Å². The number of nitrogens with zero attached hydrogens (tertiary/aromatic N) is 2. The molecule has 5 nitrogen and oxygen atoms in total. The van der Waals surface area contributed by atoms with E-state index in [-0.39, 0.29) is 5.82 Å². The van der Waals surface area contributed by atoms with E-state index in [1.54, 1.807) is 0 Å². The molecule has 0 bridgehead atoms. The molecule has 0 aliphatic rings. The molecule has 0 aliphatic carbocycles. The van der Waals surface area contributed by atoms with Crippen molar-refractivity contribution in [3.05, 3.63) is 54.1 Å². The molecule has 0 radical (unpaired) electrons. The second-order valence-corrected chi connectivity index (χ2v) is 5.54. The van der Waals surface area contributed by atoms with Gasteiger partial charge >= 0.3 is 6.18 Å². The number of hydrogen-bond donors (Lipinski definition) is 3. The van der Waals surface area contributed by atoms with Gasteiger partial charge < -0.3 is 11.1 Å². The number of para-hydroxylation sites is 1. The van der Waals surface area contributed by atoms with Crippen LogP contribution in [0.25, 0.3) is 21.8 Å². The topological polar surface area (TPSA) is 79.6 Å². The summed E-state index contributed by atoms with van der Waals surface area (Å²) in [7, 11) is 0. The van der Waals surface area contributed by atoms with E-state index in [1.807, 2.05) is 24.3 Å². The van der Waals surface area contributed by atoms with Gasteiger partial charge in [-0.05, 0) is 30.3 Å². The molecule has 0 spiro atoms. The van der Waals surface area contributed by atoms with Crippen molar-refractivity contribution in [3.8, 4) is 0 Å². The summed E-state index contributed by atoms with van der Waals surface area (Å²) in [5, 5.41) is 11.4. The van der Waals surface area contributed by atoms with Crippen molar-refractivity contribution < 1.29 is 13.2 Å². The van der Waals surface area contributed by atoms with E-state index >= 15 is 0 Å². The molecule has 4 N–H and O–H groups in total. The quantitative estimate of drug-likeness (QED) is 0.502. The van der Waals surface area contributed by atoms with Crippen LogP contribution in [0.1, 0.15) is 5.56 Å². The summed E-state index contributed by atoms with van der Waals surface area (Å²) >= 11 is 0. The number of H-pyrrole nitrogens is 1. The molecule has 0 fully saturated rings. The van der Waals surface area contributed by atoms with E-state index in [1.165, 1.54) is 12.1 Å². The number of rotatable bonds is 2. The Hall–Kier alpha value is -3.29. The highest BCUT2D eigenvalue weighted by atomic mass is 19.4. The van der Waals surface area contributed by atoms with Gasteiger partial charge in [0.1, 0.15) is 5.82 Å². The number of benzene rings is 2. The van der Waals surface area contributed by atoms with Gasteiger partial charge in [0.05, 0.1) is 22.0 Å². The van der Waals surface area contributed by atoms with Gasteiger partial charge in [-0.15, -0.1) is 0 Å². The number of nitrogens with two attached hydrogens (primary N) is 1. The average Bonchev–Trinajstić information content (AvgIpc) is 2.97. The maximum Gasteiger partial charge on any atom is 0.416 e. The lowest BCUT2D eigenvalue weighted by molar-refractivity contribution is -0.137. The Balaban J connectivity index is 1.81. The molecular formula is C17H12F3N5. The van der Waals surface area contributed by atoms with Gasteiger partial charge in [0.2, 0.25) is 0 Å². The van der Waals surface area contributed by atoms with Gasteiger partial charge in [0, 0.05) is 11.1 Å². The summed E-state index contributed by atoms with van der Waals surface area (Å²) in [5.41, 5.74) is 7.13. The predicted molar refractivity (Wildman–Crippen MR) is 90.5 cm³/mol. The molecule has 8 heteroatoms. The number of hydrogen-bond acceptors (Lipinski definition) is 4. The van der Waals surface area contributed by atoms with Crippen molar-refractivity contribution in [2.45, 2.75) is 6.18 Å². The second kappa shape index (κ2) is 5.37. The number of pyridine rings is 1. The van der Waals surface area contributed by atoms with Gasteiger partial charge in [-0.1, -0.05) is 18.2 Å². The summed E-state index contributed by atoms with van der Waals surface area (Å²) in [6.45, 7) is 0. The van der Waals surface area contributed by atoms with E-state index in [0.29, 0.717) is 22.4 Å². The molecule has 2 aromatic heterocycles. The van der Waals surface area contributed by atoms with E-state index in [4.69, 9.17) is 5.73 Å². The number of aromatic amines is 1. The second-order valence-electron chi connectivity index (χ2n) is 5.54. The first-order valence-electron chi connectivity index (χ1n) is 7.40. The van der Waals surface area contributed by atoms with Crippen molar-refractivity contribution >= 4 is 39.1 Å². The minimum Gasteiger partial charge on any atom is -0.382 e. The normalized spacial score (nSPS) is 12.0. The summed E-state index contributed by atoms with van der Waals surface area (Å²) in [4.78, 5) is 4.53. The minimum atomic E-state index is -4.37. The smallest absolute Gasteiger partial charge is 0.382 e. The Kier molecular flexibility index (Phi) is 3.28. The van der Waals surface area contributed by atoms with Crippen molar-refractivity contribution in [3.63, 3.8) is 0 Å². The zero-order valence-corrected chi connectivity index (χ0v) is 12.7. The monoisotopic (exact) mass is 343 g/mol. The predicted octanol–water partition coefficient (Wildman–Crippen LogP) is 4.46. The van der Waals surface area contributed by atoms with Crippen LogP contribution < -0.4 is 11.1 Å². The summed E-state index contributed by atoms with van der Waals surface area (Å²) < 4.78 is 38.0. The molecule has 2 aromatic carbocycles. The summed E-state index contributed by atoms with van der Waals surface area (Å²) in [6, 6.07) is 12.2. The molecule has 25 heavy (non-hydrogen) atoms. The fraction of sp³-hybridized carbons (Fsp3) is 0.0588. The van der Waals surface area contributed by atoms with Gasteiger partial charge in [-0.3, -0.25) is 5.10 Å². The van der Waals surface area contributed by atoms with E-state index in [9.17, 15) is 13.2 Å². The third kappa shape index (κ3) is 2.61. The summed E-state index contributed by atoms with van der Waals surface area (Å²) in [6.07, 6.45) is -4.37.